The summed E-state index contributed by atoms with van der Waals surface area (Å²) in [4.78, 5) is 30.3. The lowest BCUT2D eigenvalue weighted by Crippen LogP contribution is -2.40. The first kappa shape index (κ1) is 19.5. The highest BCUT2D eigenvalue weighted by atomic mass is 32.1. The number of aromatic carboxylic acids is 1. The van der Waals surface area contributed by atoms with Crippen LogP contribution in [0.2, 0.25) is 0 Å². The molecule has 2 heterocycles. The molecule has 2 aromatic heterocycles. The Kier molecular flexibility index (Phi) is 5.81. The first-order chi connectivity index (χ1) is 14.1. The van der Waals surface area contributed by atoms with E-state index in [0.29, 0.717) is 22.4 Å². The Bertz CT molecular complexity index is 935. The Morgan fingerprint density at radius 2 is 2.03 bits per heavy atom. The number of carbonyl (C=O) groups is 2. The zero-order valence-electron chi connectivity index (χ0n) is 15.9. The molecular formula is C22H22N2O4S. The molecule has 0 aromatic carbocycles. The summed E-state index contributed by atoms with van der Waals surface area (Å²) in [6.45, 7) is 0. The van der Waals surface area contributed by atoms with Gasteiger partial charge in [0.05, 0.1) is 10.6 Å². The fraction of sp³-hybridized carbons (Fsp3) is 0.409. The second-order valence-electron chi connectivity index (χ2n) is 7.40. The highest BCUT2D eigenvalue weighted by Gasteiger charge is 2.30. The minimum absolute atomic E-state index is 0.0481. The smallest absolute Gasteiger partial charge is 0.348 e. The number of amides is 1. The average Bonchev–Trinajstić information content (AvgIpc) is 3.47. The molecule has 0 atom stereocenters. The van der Waals surface area contributed by atoms with Gasteiger partial charge in [-0.1, -0.05) is 17.9 Å². The predicted molar refractivity (Wildman–Crippen MR) is 110 cm³/mol. The highest BCUT2D eigenvalue weighted by Crippen LogP contribution is 2.35. The van der Waals surface area contributed by atoms with Crippen LogP contribution in [0.1, 0.15) is 53.1 Å². The molecule has 150 valence electrons. The number of ether oxygens (including phenoxy) is 1. The summed E-state index contributed by atoms with van der Waals surface area (Å²) in [6, 6.07) is 7.26. The number of hydrogen-bond acceptors (Lipinski definition) is 5. The van der Waals surface area contributed by atoms with Crippen molar-refractivity contribution >= 4 is 29.4 Å². The predicted octanol–water partition coefficient (Wildman–Crippen LogP) is 3.96. The molecular weight excluding hydrogens is 388 g/mol. The second kappa shape index (κ2) is 8.66. The minimum atomic E-state index is -1.02. The Morgan fingerprint density at radius 3 is 2.66 bits per heavy atom. The Hall–Kier alpha value is -2.85. The summed E-state index contributed by atoms with van der Waals surface area (Å²) in [5, 5.41) is 9.61. The Balaban J connectivity index is 1.46. The van der Waals surface area contributed by atoms with Crippen LogP contribution >= 0.6 is 11.3 Å². The molecule has 1 N–H and O–H groups in total. The SMILES string of the molecule is O=CN(c1cc(C#CC2CC2)sc1C(=O)O)C1CCC(Oc2ccccn2)CC1. The zero-order chi connectivity index (χ0) is 20.2. The van der Waals surface area contributed by atoms with Crippen molar-refractivity contribution in [2.75, 3.05) is 4.90 Å². The van der Waals surface area contributed by atoms with E-state index in [1.165, 1.54) is 0 Å². The van der Waals surface area contributed by atoms with Crippen molar-refractivity contribution in [2.24, 2.45) is 5.92 Å². The van der Waals surface area contributed by atoms with Gasteiger partial charge in [0.15, 0.2) is 0 Å². The highest BCUT2D eigenvalue weighted by molar-refractivity contribution is 7.15. The third kappa shape index (κ3) is 4.77. The van der Waals surface area contributed by atoms with Gasteiger partial charge in [0, 0.05) is 24.2 Å². The summed E-state index contributed by atoms with van der Waals surface area (Å²) in [5.74, 6) is 6.25. The van der Waals surface area contributed by atoms with Crippen LogP contribution in [-0.2, 0) is 4.79 Å². The summed E-state index contributed by atoms with van der Waals surface area (Å²) < 4.78 is 5.92. The van der Waals surface area contributed by atoms with Crippen LogP contribution in [-0.4, -0.2) is 34.6 Å². The number of rotatable bonds is 6. The van der Waals surface area contributed by atoms with Gasteiger partial charge in [-0.15, -0.1) is 11.3 Å². The lowest BCUT2D eigenvalue weighted by atomic mass is 9.91. The standard InChI is InChI=1S/C22H22N2O4S/c25-14-24(16-7-9-17(10-8-16)28-20-3-1-2-12-23-20)19-13-18(11-6-15-4-5-15)29-21(19)22(26)27/h1-3,12-17H,4-5,7-10H2,(H,26,27). The van der Waals surface area contributed by atoms with Gasteiger partial charge >= 0.3 is 5.97 Å². The van der Waals surface area contributed by atoms with Crippen LogP contribution in [0.25, 0.3) is 0 Å². The Labute approximate surface area is 173 Å². The van der Waals surface area contributed by atoms with Gasteiger partial charge in [-0.25, -0.2) is 9.78 Å². The van der Waals surface area contributed by atoms with Crippen molar-refractivity contribution in [1.29, 1.82) is 0 Å². The first-order valence-corrected chi connectivity index (χ1v) is 10.7. The first-order valence-electron chi connectivity index (χ1n) is 9.84. The van der Waals surface area contributed by atoms with Crippen molar-refractivity contribution < 1.29 is 19.4 Å². The fourth-order valence-corrected chi connectivity index (χ4v) is 4.41. The van der Waals surface area contributed by atoms with Crippen molar-refractivity contribution in [3.8, 4) is 17.7 Å². The number of thiophene rings is 1. The third-order valence-electron chi connectivity index (χ3n) is 5.24. The van der Waals surface area contributed by atoms with E-state index in [2.05, 4.69) is 16.8 Å². The van der Waals surface area contributed by atoms with E-state index < -0.39 is 5.97 Å². The van der Waals surface area contributed by atoms with Crippen LogP contribution in [0, 0.1) is 17.8 Å². The molecule has 2 aliphatic carbocycles. The van der Waals surface area contributed by atoms with E-state index in [1.54, 1.807) is 17.2 Å². The van der Waals surface area contributed by atoms with Crippen LogP contribution in [0.3, 0.4) is 0 Å². The maximum absolute atomic E-state index is 11.9. The largest absolute Gasteiger partial charge is 0.477 e. The number of carbonyl (C=O) groups excluding carboxylic acids is 1. The maximum Gasteiger partial charge on any atom is 0.348 e. The number of nitrogens with zero attached hydrogens (tertiary/aromatic N) is 2. The monoisotopic (exact) mass is 410 g/mol. The molecule has 2 fully saturated rings. The van der Waals surface area contributed by atoms with E-state index >= 15 is 0 Å². The van der Waals surface area contributed by atoms with E-state index in [0.717, 1.165) is 56.3 Å². The average molecular weight is 410 g/mol. The molecule has 0 aliphatic heterocycles. The number of anilines is 1. The molecule has 29 heavy (non-hydrogen) atoms. The third-order valence-corrected chi connectivity index (χ3v) is 6.27. The van der Waals surface area contributed by atoms with Crippen molar-refractivity contribution in [1.82, 2.24) is 4.98 Å². The lowest BCUT2D eigenvalue weighted by molar-refractivity contribution is -0.108. The van der Waals surface area contributed by atoms with Crippen molar-refractivity contribution in [2.45, 2.75) is 50.7 Å². The number of carboxylic acid groups (broad SMARTS) is 1. The summed E-state index contributed by atoms with van der Waals surface area (Å²) in [5.41, 5.74) is 0.451. The lowest BCUT2D eigenvalue weighted by Gasteiger charge is -2.34. The zero-order valence-corrected chi connectivity index (χ0v) is 16.7. The normalized spacial score (nSPS) is 21.0. The van der Waals surface area contributed by atoms with Crippen LogP contribution < -0.4 is 9.64 Å². The molecule has 0 radical (unpaired) electrons. The van der Waals surface area contributed by atoms with Gasteiger partial charge in [0.25, 0.3) is 0 Å². The van der Waals surface area contributed by atoms with Gasteiger partial charge < -0.3 is 14.7 Å². The fourth-order valence-electron chi connectivity index (χ4n) is 3.56. The second-order valence-corrected chi connectivity index (χ2v) is 8.46. The molecule has 6 nitrogen and oxygen atoms in total. The van der Waals surface area contributed by atoms with Crippen molar-refractivity contribution in [3.05, 3.63) is 40.2 Å². The minimum Gasteiger partial charge on any atom is -0.477 e. The maximum atomic E-state index is 11.9. The summed E-state index contributed by atoms with van der Waals surface area (Å²) in [6.07, 6.45) is 7.78. The van der Waals surface area contributed by atoms with Gasteiger partial charge in [-0.2, -0.15) is 0 Å². The topological polar surface area (TPSA) is 79.7 Å². The molecule has 0 bridgehead atoms. The molecule has 2 aromatic rings. The molecule has 2 aliphatic rings. The molecule has 2 saturated carbocycles. The van der Waals surface area contributed by atoms with Crippen LogP contribution in [0.4, 0.5) is 5.69 Å². The van der Waals surface area contributed by atoms with Crippen LogP contribution in [0.5, 0.6) is 5.88 Å². The van der Waals surface area contributed by atoms with E-state index in [4.69, 9.17) is 4.74 Å². The number of hydrogen-bond donors (Lipinski definition) is 1. The molecule has 0 saturated heterocycles. The van der Waals surface area contributed by atoms with Gasteiger partial charge in [0.2, 0.25) is 12.3 Å². The summed E-state index contributed by atoms with van der Waals surface area (Å²) in [7, 11) is 0. The van der Waals surface area contributed by atoms with Gasteiger partial charge in [-0.05, 0) is 50.7 Å². The Morgan fingerprint density at radius 1 is 1.24 bits per heavy atom. The van der Waals surface area contributed by atoms with Gasteiger partial charge in [-0.3, -0.25) is 4.79 Å². The molecule has 0 spiro atoms. The van der Waals surface area contributed by atoms with E-state index in [-0.39, 0.29) is 17.0 Å². The van der Waals surface area contributed by atoms with E-state index in [9.17, 15) is 14.7 Å². The molecule has 7 heteroatoms. The number of aromatic nitrogens is 1. The quantitative estimate of drug-likeness (QED) is 0.576. The van der Waals surface area contributed by atoms with Gasteiger partial charge in [0.1, 0.15) is 11.0 Å². The molecule has 4 rings (SSSR count). The number of pyridine rings is 1. The number of carboxylic acids is 1. The molecule has 0 unspecified atom stereocenters. The summed E-state index contributed by atoms with van der Waals surface area (Å²) >= 11 is 1.14. The van der Waals surface area contributed by atoms with E-state index in [1.807, 2.05) is 18.2 Å². The van der Waals surface area contributed by atoms with Crippen LogP contribution in [0.15, 0.2) is 30.5 Å². The molecule has 1 amide bonds. The van der Waals surface area contributed by atoms with Crippen molar-refractivity contribution in [3.63, 3.8) is 0 Å².